The molecule has 5 nitrogen and oxygen atoms in total. The number of carbonyl (C=O) groups is 1. The Morgan fingerprint density at radius 2 is 2.07 bits per heavy atom. The van der Waals surface area contributed by atoms with Crippen molar-refractivity contribution in [3.63, 3.8) is 0 Å². The van der Waals surface area contributed by atoms with E-state index in [1.807, 2.05) is 31.2 Å². The third-order valence-corrected chi connectivity index (χ3v) is 7.15. The van der Waals surface area contributed by atoms with Crippen molar-refractivity contribution >= 4 is 50.4 Å². The van der Waals surface area contributed by atoms with Crippen LogP contribution in [0.5, 0.6) is 0 Å². The number of hydrogen-bond acceptors (Lipinski definition) is 5. The molecule has 0 spiro atoms. The van der Waals surface area contributed by atoms with Gasteiger partial charge in [0.1, 0.15) is 15.5 Å². The van der Waals surface area contributed by atoms with Crippen LogP contribution in [0.1, 0.15) is 39.3 Å². The number of aromatic nitrogens is 1. The first kappa shape index (κ1) is 19.2. The van der Waals surface area contributed by atoms with Gasteiger partial charge in [-0.3, -0.25) is 4.79 Å². The van der Waals surface area contributed by atoms with E-state index in [4.69, 9.17) is 26.7 Å². The number of rotatable bonds is 3. The van der Waals surface area contributed by atoms with Gasteiger partial charge in [0, 0.05) is 27.4 Å². The van der Waals surface area contributed by atoms with Gasteiger partial charge in [-0.1, -0.05) is 17.7 Å². The maximum absolute atomic E-state index is 13.1. The van der Waals surface area contributed by atoms with E-state index in [0.717, 1.165) is 58.5 Å². The van der Waals surface area contributed by atoms with Crippen LogP contribution in [0.15, 0.2) is 41.0 Å². The summed E-state index contributed by atoms with van der Waals surface area (Å²) >= 11 is 7.52. The molecule has 0 fully saturated rings. The molecule has 4 aromatic rings. The second kappa shape index (κ2) is 7.45. The first-order valence-corrected chi connectivity index (χ1v) is 11.1. The molecule has 0 saturated carbocycles. The zero-order valence-electron chi connectivity index (χ0n) is 16.4. The molecule has 0 radical (unpaired) electrons. The monoisotopic (exact) mass is 437 g/mol. The SMILES string of the molecule is Cc1c(Cl)cccc1NC(=O)c1sc2nc3c(c(-c4ccco4)c2c1N)CCCC3. The molecule has 7 heteroatoms. The number of halogens is 1. The van der Waals surface area contributed by atoms with Crippen LogP contribution < -0.4 is 11.1 Å². The van der Waals surface area contributed by atoms with Gasteiger partial charge in [-0.2, -0.15) is 0 Å². The minimum Gasteiger partial charge on any atom is -0.464 e. The van der Waals surface area contributed by atoms with Crippen molar-refractivity contribution in [3.05, 3.63) is 63.3 Å². The molecule has 1 aliphatic carbocycles. The fourth-order valence-corrected chi connectivity index (χ4v) is 5.28. The Labute approximate surface area is 182 Å². The predicted molar refractivity (Wildman–Crippen MR) is 123 cm³/mol. The highest BCUT2D eigenvalue weighted by Crippen LogP contribution is 2.44. The fraction of sp³-hybridized carbons (Fsp3) is 0.217. The minimum absolute atomic E-state index is 0.260. The molecule has 1 aromatic carbocycles. The summed E-state index contributed by atoms with van der Waals surface area (Å²) in [5, 5.41) is 4.36. The summed E-state index contributed by atoms with van der Waals surface area (Å²) in [5.41, 5.74) is 11.7. The lowest BCUT2D eigenvalue weighted by atomic mass is 9.89. The fourth-order valence-electron chi connectivity index (χ4n) is 4.09. The van der Waals surface area contributed by atoms with Gasteiger partial charge >= 0.3 is 0 Å². The molecule has 0 saturated heterocycles. The minimum atomic E-state index is -0.260. The summed E-state index contributed by atoms with van der Waals surface area (Å²) < 4.78 is 5.75. The van der Waals surface area contributed by atoms with Crippen molar-refractivity contribution in [1.29, 1.82) is 0 Å². The summed E-state index contributed by atoms with van der Waals surface area (Å²) in [6, 6.07) is 9.24. The van der Waals surface area contributed by atoms with E-state index in [1.165, 1.54) is 16.9 Å². The number of amides is 1. The third-order valence-electron chi connectivity index (χ3n) is 5.64. The molecular formula is C23H20ClN3O2S. The summed E-state index contributed by atoms with van der Waals surface area (Å²) in [6.07, 6.45) is 5.76. The van der Waals surface area contributed by atoms with Crippen LogP contribution in [0.3, 0.4) is 0 Å². The second-order valence-electron chi connectivity index (χ2n) is 7.49. The van der Waals surface area contributed by atoms with Gasteiger partial charge in [-0.05, 0) is 68.0 Å². The number of carbonyl (C=O) groups excluding carboxylic acids is 1. The summed E-state index contributed by atoms with van der Waals surface area (Å²) in [7, 11) is 0. The molecule has 0 atom stereocenters. The lowest BCUT2D eigenvalue weighted by molar-refractivity contribution is 0.103. The quantitative estimate of drug-likeness (QED) is 0.398. The van der Waals surface area contributed by atoms with E-state index in [1.54, 1.807) is 12.3 Å². The van der Waals surface area contributed by atoms with E-state index in [0.29, 0.717) is 21.3 Å². The van der Waals surface area contributed by atoms with E-state index >= 15 is 0 Å². The highest BCUT2D eigenvalue weighted by Gasteiger charge is 2.27. The van der Waals surface area contributed by atoms with Gasteiger partial charge in [0.05, 0.1) is 12.0 Å². The van der Waals surface area contributed by atoms with E-state index in [9.17, 15) is 4.79 Å². The van der Waals surface area contributed by atoms with Gasteiger partial charge in [0.15, 0.2) is 0 Å². The van der Waals surface area contributed by atoms with E-state index in [2.05, 4.69) is 5.32 Å². The molecule has 3 heterocycles. The largest absolute Gasteiger partial charge is 0.464 e. The van der Waals surface area contributed by atoms with Crippen molar-refractivity contribution in [2.45, 2.75) is 32.6 Å². The number of fused-ring (bicyclic) bond motifs is 2. The molecular weight excluding hydrogens is 418 g/mol. The number of benzene rings is 1. The Balaban J connectivity index is 1.66. The number of anilines is 2. The predicted octanol–water partition coefficient (Wildman–Crippen LogP) is 6.23. The summed E-state index contributed by atoms with van der Waals surface area (Å²) in [6.45, 7) is 1.87. The second-order valence-corrected chi connectivity index (χ2v) is 8.89. The smallest absolute Gasteiger partial charge is 0.267 e. The molecule has 0 bridgehead atoms. The number of thiophene rings is 1. The number of nitrogens with one attached hydrogen (secondary N) is 1. The molecule has 30 heavy (non-hydrogen) atoms. The van der Waals surface area contributed by atoms with Crippen LogP contribution in [0.4, 0.5) is 11.4 Å². The van der Waals surface area contributed by atoms with Gasteiger partial charge < -0.3 is 15.5 Å². The van der Waals surface area contributed by atoms with E-state index in [-0.39, 0.29) is 5.91 Å². The summed E-state index contributed by atoms with van der Waals surface area (Å²) in [4.78, 5) is 19.2. The van der Waals surface area contributed by atoms with Crippen molar-refractivity contribution in [3.8, 4) is 11.3 Å². The number of aryl methyl sites for hydroxylation is 1. The highest BCUT2D eigenvalue weighted by atomic mass is 35.5. The Hall–Kier alpha value is -2.83. The number of nitrogens with zero attached hydrogens (tertiary/aromatic N) is 1. The number of pyridine rings is 1. The lowest BCUT2D eigenvalue weighted by Gasteiger charge is -2.18. The van der Waals surface area contributed by atoms with Crippen LogP contribution >= 0.6 is 22.9 Å². The first-order chi connectivity index (χ1) is 14.5. The molecule has 0 unspecified atom stereocenters. The van der Waals surface area contributed by atoms with Crippen molar-refractivity contribution in [1.82, 2.24) is 4.98 Å². The zero-order chi connectivity index (χ0) is 20.8. The zero-order valence-corrected chi connectivity index (χ0v) is 18.0. The van der Waals surface area contributed by atoms with Gasteiger partial charge in [-0.25, -0.2) is 4.98 Å². The van der Waals surface area contributed by atoms with Crippen molar-refractivity contribution < 1.29 is 9.21 Å². The molecule has 3 N–H and O–H groups in total. The number of hydrogen-bond donors (Lipinski definition) is 2. The van der Waals surface area contributed by atoms with Gasteiger partial charge in [0.2, 0.25) is 0 Å². The van der Waals surface area contributed by atoms with Crippen LogP contribution in [0, 0.1) is 6.92 Å². The van der Waals surface area contributed by atoms with Crippen molar-refractivity contribution in [2.75, 3.05) is 11.1 Å². The maximum Gasteiger partial charge on any atom is 0.267 e. The van der Waals surface area contributed by atoms with Crippen molar-refractivity contribution in [2.24, 2.45) is 0 Å². The Morgan fingerprint density at radius 3 is 2.87 bits per heavy atom. The highest BCUT2D eigenvalue weighted by molar-refractivity contribution is 7.21. The van der Waals surface area contributed by atoms with E-state index < -0.39 is 0 Å². The Morgan fingerprint density at radius 1 is 1.23 bits per heavy atom. The molecule has 3 aromatic heterocycles. The van der Waals surface area contributed by atoms with Crippen LogP contribution in [0.2, 0.25) is 5.02 Å². The Kier molecular flexibility index (Phi) is 4.76. The normalized spacial score (nSPS) is 13.4. The number of furan rings is 1. The molecule has 5 rings (SSSR count). The average Bonchev–Trinajstić information content (AvgIpc) is 3.38. The van der Waals surface area contributed by atoms with Crippen LogP contribution in [-0.2, 0) is 12.8 Å². The summed E-state index contributed by atoms with van der Waals surface area (Å²) in [5.74, 6) is 0.506. The molecule has 1 amide bonds. The van der Waals surface area contributed by atoms with Gasteiger partial charge in [-0.15, -0.1) is 11.3 Å². The topological polar surface area (TPSA) is 81.2 Å². The van der Waals surface area contributed by atoms with Crippen LogP contribution in [-0.4, -0.2) is 10.9 Å². The number of nitrogens with two attached hydrogens (primary N) is 1. The Bertz CT molecular complexity index is 1280. The lowest BCUT2D eigenvalue weighted by Crippen LogP contribution is -2.13. The molecule has 0 aliphatic heterocycles. The third kappa shape index (κ3) is 3.07. The standard InChI is InChI=1S/C23H20ClN3O2S/c1-12-14(24)7-4-9-15(12)26-22(28)21-20(25)19-18(17-10-5-11-29-17)13-6-2-3-8-16(13)27-23(19)30-21/h4-5,7,9-11H,2-3,6,8,25H2,1H3,(H,26,28). The maximum atomic E-state index is 13.1. The molecule has 152 valence electrons. The van der Waals surface area contributed by atoms with Gasteiger partial charge in [0.25, 0.3) is 5.91 Å². The molecule has 1 aliphatic rings. The first-order valence-electron chi connectivity index (χ1n) is 9.88. The average molecular weight is 438 g/mol. The van der Waals surface area contributed by atoms with Crippen LogP contribution in [0.25, 0.3) is 21.5 Å². The number of nitrogen functional groups attached to an aromatic ring is 1.